The van der Waals surface area contributed by atoms with E-state index in [4.69, 9.17) is 16.3 Å². The lowest BCUT2D eigenvalue weighted by Crippen LogP contribution is -2.06. The van der Waals surface area contributed by atoms with Crippen molar-refractivity contribution in [2.75, 3.05) is 5.32 Å². The van der Waals surface area contributed by atoms with Crippen molar-refractivity contribution in [1.82, 2.24) is 0 Å². The van der Waals surface area contributed by atoms with Gasteiger partial charge in [0.2, 0.25) is 6.41 Å². The molecule has 22 heavy (non-hydrogen) atoms. The van der Waals surface area contributed by atoms with Gasteiger partial charge in [0.15, 0.2) is 0 Å². The molecule has 2 aromatic carbocycles. The maximum atomic E-state index is 10.8. The van der Waals surface area contributed by atoms with E-state index in [2.05, 4.69) is 21.2 Å². The van der Waals surface area contributed by atoms with Crippen molar-refractivity contribution in [2.45, 2.75) is 29.7 Å². The van der Waals surface area contributed by atoms with Crippen molar-refractivity contribution < 1.29 is 9.53 Å². The number of halogens is 2. The molecule has 1 amide bonds. The van der Waals surface area contributed by atoms with Gasteiger partial charge in [-0.15, -0.1) is 0 Å². The van der Waals surface area contributed by atoms with Crippen LogP contribution in [-0.4, -0.2) is 12.5 Å². The fourth-order valence-corrected chi connectivity index (χ4v) is 3.62. The molecular formula is C16H15BrClNO2S. The van der Waals surface area contributed by atoms with Crippen LogP contribution in [0.3, 0.4) is 0 Å². The van der Waals surface area contributed by atoms with Crippen molar-refractivity contribution in [1.29, 1.82) is 0 Å². The average molecular weight is 401 g/mol. The standard InChI is InChI=1S/C16H15BrClNO2S/c1-10(2)21-12-4-6-16(14(8-12)19-9-20)22-15-5-3-11(18)7-13(15)17/h3-10H,1-2H3,(H,19,20). The van der Waals surface area contributed by atoms with E-state index in [1.807, 2.05) is 50.2 Å². The lowest BCUT2D eigenvalue weighted by atomic mass is 10.3. The Morgan fingerprint density at radius 2 is 1.95 bits per heavy atom. The molecule has 0 saturated heterocycles. The summed E-state index contributed by atoms with van der Waals surface area (Å²) in [7, 11) is 0. The molecule has 2 aromatic rings. The van der Waals surface area contributed by atoms with Crippen LogP contribution in [0.2, 0.25) is 5.02 Å². The number of amides is 1. The number of benzene rings is 2. The quantitative estimate of drug-likeness (QED) is 0.641. The normalized spacial score (nSPS) is 10.6. The molecule has 0 fully saturated rings. The van der Waals surface area contributed by atoms with E-state index >= 15 is 0 Å². The summed E-state index contributed by atoms with van der Waals surface area (Å²) in [5.41, 5.74) is 0.708. The summed E-state index contributed by atoms with van der Waals surface area (Å²) < 4.78 is 6.56. The highest BCUT2D eigenvalue weighted by Gasteiger charge is 2.10. The van der Waals surface area contributed by atoms with Gasteiger partial charge < -0.3 is 10.1 Å². The predicted octanol–water partition coefficient (Wildman–Crippen LogP) is 5.61. The van der Waals surface area contributed by atoms with Crippen LogP contribution in [0, 0.1) is 0 Å². The van der Waals surface area contributed by atoms with Gasteiger partial charge in [-0.2, -0.15) is 0 Å². The van der Waals surface area contributed by atoms with Crippen LogP contribution in [0.1, 0.15) is 13.8 Å². The zero-order valence-corrected chi connectivity index (χ0v) is 15.3. The summed E-state index contributed by atoms with van der Waals surface area (Å²) in [6.07, 6.45) is 0.739. The minimum atomic E-state index is 0.0768. The highest BCUT2D eigenvalue weighted by Crippen LogP contribution is 2.39. The smallest absolute Gasteiger partial charge is 0.211 e. The zero-order chi connectivity index (χ0) is 16.1. The topological polar surface area (TPSA) is 38.3 Å². The second kappa shape index (κ2) is 7.90. The second-order valence-corrected chi connectivity index (χ2v) is 7.14. The first kappa shape index (κ1) is 17.2. The van der Waals surface area contributed by atoms with Gasteiger partial charge >= 0.3 is 0 Å². The van der Waals surface area contributed by atoms with Crippen LogP contribution in [0.25, 0.3) is 0 Å². The lowest BCUT2D eigenvalue weighted by Gasteiger charge is -2.14. The molecule has 6 heteroatoms. The fraction of sp³-hybridized carbons (Fsp3) is 0.188. The number of hydrogen-bond donors (Lipinski definition) is 1. The molecule has 116 valence electrons. The minimum Gasteiger partial charge on any atom is -0.491 e. The van der Waals surface area contributed by atoms with E-state index < -0.39 is 0 Å². The van der Waals surface area contributed by atoms with E-state index in [9.17, 15) is 4.79 Å². The van der Waals surface area contributed by atoms with Gasteiger partial charge in [0.25, 0.3) is 0 Å². The summed E-state index contributed by atoms with van der Waals surface area (Å²) in [4.78, 5) is 12.8. The van der Waals surface area contributed by atoms with Gasteiger partial charge in [-0.3, -0.25) is 4.79 Å². The number of anilines is 1. The maximum Gasteiger partial charge on any atom is 0.211 e. The SMILES string of the molecule is CC(C)Oc1ccc(Sc2ccc(Cl)cc2Br)c(NC=O)c1. The van der Waals surface area contributed by atoms with Crippen LogP contribution in [0.15, 0.2) is 50.7 Å². The molecule has 0 aliphatic heterocycles. The third-order valence-corrected chi connectivity index (χ3v) is 4.96. The molecule has 0 saturated carbocycles. The monoisotopic (exact) mass is 399 g/mol. The van der Waals surface area contributed by atoms with Crippen LogP contribution < -0.4 is 10.1 Å². The Morgan fingerprint density at radius 1 is 1.23 bits per heavy atom. The van der Waals surface area contributed by atoms with E-state index in [0.717, 1.165) is 20.0 Å². The van der Waals surface area contributed by atoms with Crippen molar-refractivity contribution in [3.8, 4) is 5.75 Å². The summed E-state index contributed by atoms with van der Waals surface area (Å²) in [6, 6.07) is 11.2. The number of ether oxygens (including phenoxy) is 1. The number of carbonyl (C=O) groups excluding carboxylic acids is 1. The van der Waals surface area contributed by atoms with Crippen molar-refractivity contribution in [3.05, 3.63) is 45.9 Å². The van der Waals surface area contributed by atoms with Gasteiger partial charge in [0.1, 0.15) is 5.75 Å². The zero-order valence-electron chi connectivity index (χ0n) is 12.1. The average Bonchev–Trinajstić information content (AvgIpc) is 2.44. The number of rotatable bonds is 6. The van der Waals surface area contributed by atoms with Gasteiger partial charge in [-0.1, -0.05) is 23.4 Å². The first-order valence-corrected chi connectivity index (χ1v) is 8.62. The van der Waals surface area contributed by atoms with Crippen molar-refractivity contribution in [3.63, 3.8) is 0 Å². The predicted molar refractivity (Wildman–Crippen MR) is 95.2 cm³/mol. The molecule has 0 heterocycles. The van der Waals surface area contributed by atoms with Crippen LogP contribution in [0.5, 0.6) is 5.75 Å². The highest BCUT2D eigenvalue weighted by molar-refractivity contribution is 9.10. The molecule has 0 aliphatic carbocycles. The van der Waals surface area contributed by atoms with E-state index in [1.165, 1.54) is 11.8 Å². The first-order valence-electron chi connectivity index (χ1n) is 6.63. The summed E-state index contributed by atoms with van der Waals surface area (Å²) in [5.74, 6) is 0.721. The van der Waals surface area contributed by atoms with Crippen molar-refractivity contribution >= 4 is 51.4 Å². The Morgan fingerprint density at radius 3 is 2.59 bits per heavy atom. The molecule has 0 aliphatic rings. The largest absolute Gasteiger partial charge is 0.491 e. The number of carbonyl (C=O) groups is 1. The Kier molecular flexibility index (Phi) is 6.17. The Labute approximate surface area is 147 Å². The Bertz CT molecular complexity index is 679. The van der Waals surface area contributed by atoms with Crippen LogP contribution in [-0.2, 0) is 4.79 Å². The summed E-state index contributed by atoms with van der Waals surface area (Å²) in [6.45, 7) is 3.92. The number of nitrogens with one attached hydrogen (secondary N) is 1. The Hall–Kier alpha value is -1.17. The first-order chi connectivity index (χ1) is 10.5. The highest BCUT2D eigenvalue weighted by atomic mass is 79.9. The van der Waals surface area contributed by atoms with Crippen molar-refractivity contribution in [2.24, 2.45) is 0 Å². The van der Waals surface area contributed by atoms with Gasteiger partial charge in [-0.05, 0) is 60.1 Å². The second-order valence-electron chi connectivity index (χ2n) is 4.76. The van der Waals surface area contributed by atoms with E-state index in [-0.39, 0.29) is 6.10 Å². The molecule has 0 radical (unpaired) electrons. The lowest BCUT2D eigenvalue weighted by molar-refractivity contribution is -0.105. The molecule has 2 rings (SSSR count). The summed E-state index contributed by atoms with van der Waals surface area (Å²) in [5, 5.41) is 3.39. The van der Waals surface area contributed by atoms with E-state index in [1.54, 1.807) is 0 Å². The molecule has 0 aromatic heterocycles. The Balaban J connectivity index is 2.30. The minimum absolute atomic E-state index is 0.0768. The van der Waals surface area contributed by atoms with Gasteiger partial charge in [-0.25, -0.2) is 0 Å². The third-order valence-electron chi connectivity index (χ3n) is 2.65. The molecule has 1 N–H and O–H groups in total. The van der Waals surface area contributed by atoms with Gasteiger partial charge in [0, 0.05) is 25.4 Å². The number of hydrogen-bond acceptors (Lipinski definition) is 3. The fourth-order valence-electron chi connectivity index (χ4n) is 1.80. The third kappa shape index (κ3) is 4.66. The summed E-state index contributed by atoms with van der Waals surface area (Å²) >= 11 is 11.0. The molecular weight excluding hydrogens is 386 g/mol. The molecule has 0 spiro atoms. The molecule has 0 bridgehead atoms. The molecule has 3 nitrogen and oxygen atoms in total. The van der Waals surface area contributed by atoms with Crippen LogP contribution in [0.4, 0.5) is 5.69 Å². The van der Waals surface area contributed by atoms with E-state index in [0.29, 0.717) is 17.1 Å². The molecule has 0 atom stereocenters. The maximum absolute atomic E-state index is 10.8. The van der Waals surface area contributed by atoms with Gasteiger partial charge in [0.05, 0.1) is 11.8 Å². The van der Waals surface area contributed by atoms with Crippen LogP contribution >= 0.6 is 39.3 Å². The molecule has 0 unspecified atom stereocenters.